The highest BCUT2D eigenvalue weighted by atomic mass is 19.1. The highest BCUT2D eigenvalue weighted by molar-refractivity contribution is 5.59. The van der Waals surface area contributed by atoms with E-state index < -0.39 is 0 Å². The molecule has 5 rings (SSSR count). The summed E-state index contributed by atoms with van der Waals surface area (Å²) < 4.78 is 13.9. The number of nitrogens with one attached hydrogen (secondary N) is 2. The van der Waals surface area contributed by atoms with Crippen LogP contribution in [0.2, 0.25) is 0 Å². The van der Waals surface area contributed by atoms with E-state index in [1.807, 2.05) is 12.1 Å². The molecule has 2 N–H and O–H groups in total. The van der Waals surface area contributed by atoms with Crippen molar-refractivity contribution in [2.45, 2.75) is 44.2 Å². The van der Waals surface area contributed by atoms with Gasteiger partial charge in [-0.3, -0.25) is 0 Å². The van der Waals surface area contributed by atoms with Crippen LogP contribution in [0.15, 0.2) is 24.3 Å². The highest BCUT2D eigenvalue weighted by Gasteiger charge is 2.29. The van der Waals surface area contributed by atoms with Gasteiger partial charge in [0, 0.05) is 50.8 Å². The van der Waals surface area contributed by atoms with Gasteiger partial charge in [0.2, 0.25) is 0 Å². The number of benzene rings is 1. The summed E-state index contributed by atoms with van der Waals surface area (Å²) in [5.41, 5.74) is 5.11. The number of anilines is 3. The van der Waals surface area contributed by atoms with Crippen molar-refractivity contribution in [3.8, 4) is 0 Å². The molecule has 0 bridgehead atoms. The fraction of sp³-hybridized carbons (Fsp3) is 0.565. The van der Waals surface area contributed by atoms with Crippen LogP contribution in [-0.2, 0) is 0 Å². The Morgan fingerprint density at radius 1 is 1.00 bits per heavy atom. The molecule has 1 atom stereocenters. The zero-order valence-corrected chi connectivity index (χ0v) is 18.4. The zero-order valence-electron chi connectivity index (χ0n) is 18.4. The number of piperazine rings is 1. The predicted molar refractivity (Wildman–Crippen MR) is 122 cm³/mol. The maximum Gasteiger partial charge on any atom is 0.136 e. The first-order chi connectivity index (χ1) is 15.1. The molecular weight excluding hydrogens is 393 g/mol. The smallest absolute Gasteiger partial charge is 0.136 e. The summed E-state index contributed by atoms with van der Waals surface area (Å²) in [7, 11) is 4.12. The Morgan fingerprint density at radius 3 is 2.55 bits per heavy atom. The van der Waals surface area contributed by atoms with E-state index in [1.54, 1.807) is 12.1 Å². The Morgan fingerprint density at radius 2 is 1.77 bits per heavy atom. The third kappa shape index (κ3) is 4.32. The van der Waals surface area contributed by atoms with Crippen LogP contribution in [0.3, 0.4) is 0 Å². The first-order valence-electron chi connectivity index (χ1n) is 11.4. The monoisotopic (exact) mass is 425 g/mol. The maximum absolute atomic E-state index is 13.9. The summed E-state index contributed by atoms with van der Waals surface area (Å²) >= 11 is 0. The molecule has 1 aromatic heterocycles. The predicted octanol–water partition coefficient (Wildman–Crippen LogP) is 3.80. The van der Waals surface area contributed by atoms with Crippen molar-refractivity contribution in [1.82, 2.24) is 19.9 Å². The summed E-state index contributed by atoms with van der Waals surface area (Å²) in [5, 5.41) is 5.51. The van der Waals surface area contributed by atoms with Crippen LogP contribution < -0.4 is 15.6 Å². The van der Waals surface area contributed by atoms with Gasteiger partial charge in [0.1, 0.15) is 29.4 Å². The molecule has 0 spiro atoms. The molecule has 1 aromatic carbocycles. The number of rotatable bonds is 4. The van der Waals surface area contributed by atoms with Gasteiger partial charge in [-0.25, -0.2) is 14.4 Å². The van der Waals surface area contributed by atoms with E-state index in [1.165, 1.54) is 25.3 Å². The molecule has 3 aliphatic rings. The average molecular weight is 426 g/mol. The molecule has 3 heterocycles. The Balaban J connectivity index is 1.46. The first-order valence-corrected chi connectivity index (χ1v) is 11.4. The van der Waals surface area contributed by atoms with E-state index in [-0.39, 0.29) is 12.0 Å². The second-order valence-electron chi connectivity index (χ2n) is 9.10. The van der Waals surface area contributed by atoms with E-state index >= 15 is 0 Å². The van der Waals surface area contributed by atoms with Crippen molar-refractivity contribution in [3.63, 3.8) is 0 Å². The second-order valence-corrected chi connectivity index (χ2v) is 9.10. The zero-order chi connectivity index (χ0) is 21.4. The summed E-state index contributed by atoms with van der Waals surface area (Å²) in [6.07, 6.45) is 5.92. The topological polar surface area (TPSA) is 59.6 Å². The summed E-state index contributed by atoms with van der Waals surface area (Å²) in [4.78, 5) is 14.7. The van der Waals surface area contributed by atoms with Gasteiger partial charge in [0.05, 0.1) is 5.69 Å². The third-order valence-corrected chi connectivity index (χ3v) is 6.80. The SMILES string of the molecule is CN1CCN(c2cc(NC3c4cc(F)ccc4NN3C)nc(C3CCCCC3)n2)CC1. The van der Waals surface area contributed by atoms with Gasteiger partial charge in [0.15, 0.2) is 0 Å². The van der Waals surface area contributed by atoms with Crippen LogP contribution in [0.4, 0.5) is 21.7 Å². The molecular formula is C23H32FN7. The van der Waals surface area contributed by atoms with Crippen molar-refractivity contribution in [1.29, 1.82) is 0 Å². The van der Waals surface area contributed by atoms with Gasteiger partial charge in [-0.2, -0.15) is 5.01 Å². The number of aromatic nitrogens is 2. The van der Waals surface area contributed by atoms with Crippen molar-refractivity contribution >= 4 is 17.3 Å². The molecule has 166 valence electrons. The molecule has 2 aromatic rings. The Kier molecular flexibility index (Phi) is 5.67. The van der Waals surface area contributed by atoms with E-state index in [2.05, 4.69) is 33.7 Å². The van der Waals surface area contributed by atoms with Gasteiger partial charge < -0.3 is 20.5 Å². The molecule has 7 nitrogen and oxygen atoms in total. The number of halogens is 1. The third-order valence-electron chi connectivity index (χ3n) is 6.80. The minimum absolute atomic E-state index is 0.194. The first kappa shape index (κ1) is 20.5. The molecule has 8 heteroatoms. The fourth-order valence-electron chi connectivity index (χ4n) is 4.91. The minimum Gasteiger partial charge on any atom is -0.354 e. The lowest BCUT2D eigenvalue weighted by Crippen LogP contribution is -2.45. The minimum atomic E-state index is -0.230. The molecule has 1 aliphatic carbocycles. The van der Waals surface area contributed by atoms with Gasteiger partial charge in [0.25, 0.3) is 0 Å². The van der Waals surface area contributed by atoms with Crippen molar-refractivity contribution in [3.05, 3.63) is 41.5 Å². The number of fused-ring (bicyclic) bond motifs is 1. The van der Waals surface area contributed by atoms with Crippen molar-refractivity contribution in [2.75, 3.05) is 55.9 Å². The average Bonchev–Trinajstić information content (AvgIpc) is 3.09. The normalized spacial score (nSPS) is 22.9. The summed E-state index contributed by atoms with van der Waals surface area (Å²) in [6, 6.07) is 6.92. The van der Waals surface area contributed by atoms with E-state index in [4.69, 9.17) is 9.97 Å². The lowest BCUT2D eigenvalue weighted by Gasteiger charge is -2.34. The number of hydrogen-bond acceptors (Lipinski definition) is 7. The largest absolute Gasteiger partial charge is 0.354 e. The Hall–Kier alpha value is -2.45. The van der Waals surface area contributed by atoms with Crippen molar-refractivity contribution < 1.29 is 4.39 Å². The number of hydrazine groups is 1. The molecule has 2 aliphatic heterocycles. The quantitative estimate of drug-likeness (QED) is 0.773. The lowest BCUT2D eigenvalue weighted by atomic mass is 9.88. The van der Waals surface area contributed by atoms with Crippen LogP contribution >= 0.6 is 0 Å². The number of likely N-dealkylation sites (N-methyl/N-ethyl adjacent to an activating group) is 1. The van der Waals surface area contributed by atoms with Crippen LogP contribution in [0.5, 0.6) is 0 Å². The molecule has 31 heavy (non-hydrogen) atoms. The van der Waals surface area contributed by atoms with E-state index in [0.717, 1.165) is 67.7 Å². The van der Waals surface area contributed by atoms with E-state index in [9.17, 15) is 4.39 Å². The molecule has 1 saturated carbocycles. The fourth-order valence-corrected chi connectivity index (χ4v) is 4.91. The molecule has 0 amide bonds. The number of hydrogen-bond donors (Lipinski definition) is 2. The molecule has 0 radical (unpaired) electrons. The standard InChI is InChI=1S/C23H32FN7/c1-29-10-12-31(13-11-29)21-15-20(25-22(27-21)16-6-4-3-5-7-16)26-23-18-14-17(24)8-9-19(18)28-30(23)2/h8-9,14-16,23,28H,3-7,10-13H2,1-2H3,(H,25,26,27). The maximum atomic E-state index is 13.9. The molecule has 1 saturated heterocycles. The Bertz CT molecular complexity index is 922. The summed E-state index contributed by atoms with van der Waals surface area (Å²) in [5.74, 6) is 2.95. The van der Waals surface area contributed by atoms with Crippen LogP contribution in [0.1, 0.15) is 55.6 Å². The van der Waals surface area contributed by atoms with Crippen molar-refractivity contribution in [2.24, 2.45) is 0 Å². The van der Waals surface area contributed by atoms with Crippen LogP contribution in [-0.4, -0.2) is 60.2 Å². The van der Waals surface area contributed by atoms with Crippen LogP contribution in [0.25, 0.3) is 0 Å². The van der Waals surface area contributed by atoms with Gasteiger partial charge in [-0.1, -0.05) is 19.3 Å². The molecule has 1 unspecified atom stereocenters. The second kappa shape index (κ2) is 8.59. The van der Waals surface area contributed by atoms with E-state index in [0.29, 0.717) is 5.92 Å². The van der Waals surface area contributed by atoms with Gasteiger partial charge in [-0.15, -0.1) is 0 Å². The lowest BCUT2D eigenvalue weighted by molar-refractivity contribution is 0.311. The Labute approximate surface area is 183 Å². The van der Waals surface area contributed by atoms with Gasteiger partial charge >= 0.3 is 0 Å². The highest BCUT2D eigenvalue weighted by Crippen LogP contribution is 2.37. The van der Waals surface area contributed by atoms with Crippen LogP contribution in [0, 0.1) is 5.82 Å². The van der Waals surface area contributed by atoms with Gasteiger partial charge in [-0.05, 0) is 38.1 Å². The summed E-state index contributed by atoms with van der Waals surface area (Å²) in [6.45, 7) is 4.01. The molecule has 2 fully saturated rings. The number of nitrogens with zero attached hydrogens (tertiary/aromatic N) is 5.